The molecule has 0 aromatic heterocycles. The molecule has 4 heteroatoms. The zero-order valence-electron chi connectivity index (χ0n) is 13.3. The lowest BCUT2D eigenvalue weighted by atomic mass is 9.90. The normalized spacial score (nSPS) is 21.1. The van der Waals surface area contributed by atoms with Crippen LogP contribution in [0.3, 0.4) is 0 Å². The molecule has 0 aromatic rings. The highest BCUT2D eigenvalue weighted by atomic mass is 16.2. The fraction of sp³-hybridized carbons (Fsp3) is 0.933. The van der Waals surface area contributed by atoms with Crippen molar-refractivity contribution < 1.29 is 4.79 Å². The van der Waals surface area contributed by atoms with Gasteiger partial charge in [-0.1, -0.05) is 6.92 Å². The molecule has 0 bridgehead atoms. The van der Waals surface area contributed by atoms with E-state index in [2.05, 4.69) is 24.1 Å². The van der Waals surface area contributed by atoms with Gasteiger partial charge in [-0.3, -0.25) is 4.79 Å². The molecule has 0 aliphatic carbocycles. The van der Waals surface area contributed by atoms with Crippen molar-refractivity contribution >= 4 is 5.91 Å². The zero-order chi connectivity index (χ0) is 14.4. The molecule has 1 N–H and O–H groups in total. The van der Waals surface area contributed by atoms with Crippen LogP contribution in [0.1, 0.15) is 40.0 Å². The average Bonchev–Trinajstić information content (AvgIpc) is 2.38. The van der Waals surface area contributed by atoms with Gasteiger partial charge < -0.3 is 15.1 Å². The summed E-state index contributed by atoms with van der Waals surface area (Å²) in [5.74, 6) is 0.862. The third-order valence-corrected chi connectivity index (χ3v) is 4.20. The minimum Gasteiger partial charge on any atom is -0.347 e. The number of rotatable bonds is 6. The van der Waals surface area contributed by atoms with Crippen molar-refractivity contribution in [2.75, 3.05) is 33.7 Å². The van der Waals surface area contributed by atoms with Gasteiger partial charge in [0, 0.05) is 20.1 Å². The summed E-state index contributed by atoms with van der Waals surface area (Å²) >= 11 is 0. The molecule has 19 heavy (non-hydrogen) atoms. The number of nitrogens with one attached hydrogen (secondary N) is 1. The Labute approximate surface area is 118 Å². The monoisotopic (exact) mass is 269 g/mol. The second-order valence-electron chi connectivity index (χ2n) is 6.09. The molecule has 1 aliphatic heterocycles. The smallest absolute Gasteiger partial charge is 0.238 e. The number of carbonyl (C=O) groups is 1. The largest absolute Gasteiger partial charge is 0.347 e. The Morgan fingerprint density at radius 2 is 1.89 bits per heavy atom. The standard InChI is InChI=1S/C15H31N3O/c1-6-9-18-10-7-14(8-11-18)12(2)16-13(3)15(19)17(4)5/h12-14,16H,6-11H2,1-5H3. The minimum absolute atomic E-state index is 0.0846. The van der Waals surface area contributed by atoms with E-state index in [4.69, 9.17) is 0 Å². The molecule has 4 nitrogen and oxygen atoms in total. The number of piperidine rings is 1. The first-order valence-corrected chi connectivity index (χ1v) is 7.65. The maximum Gasteiger partial charge on any atom is 0.238 e. The molecule has 1 heterocycles. The van der Waals surface area contributed by atoms with Gasteiger partial charge in [0.1, 0.15) is 0 Å². The van der Waals surface area contributed by atoms with Crippen LogP contribution in [-0.4, -0.2) is 61.5 Å². The Hall–Kier alpha value is -0.610. The molecule has 2 atom stereocenters. The van der Waals surface area contributed by atoms with E-state index in [0.29, 0.717) is 12.0 Å². The van der Waals surface area contributed by atoms with E-state index in [0.717, 1.165) is 0 Å². The molecule has 1 rings (SSSR count). The summed E-state index contributed by atoms with van der Waals surface area (Å²) in [6, 6.07) is 0.335. The minimum atomic E-state index is -0.0846. The Morgan fingerprint density at radius 1 is 1.32 bits per heavy atom. The van der Waals surface area contributed by atoms with E-state index >= 15 is 0 Å². The highest BCUT2D eigenvalue weighted by molar-refractivity contribution is 5.80. The summed E-state index contributed by atoms with van der Waals surface area (Å²) in [5.41, 5.74) is 0. The first-order valence-electron chi connectivity index (χ1n) is 7.65. The van der Waals surface area contributed by atoms with Crippen LogP contribution in [0, 0.1) is 5.92 Å². The molecular formula is C15H31N3O. The van der Waals surface area contributed by atoms with Crippen LogP contribution in [0.2, 0.25) is 0 Å². The molecule has 1 fully saturated rings. The fourth-order valence-electron chi connectivity index (χ4n) is 2.98. The van der Waals surface area contributed by atoms with Gasteiger partial charge in [0.05, 0.1) is 6.04 Å². The predicted octanol–water partition coefficient (Wildman–Crippen LogP) is 1.56. The van der Waals surface area contributed by atoms with Crippen LogP contribution < -0.4 is 5.32 Å². The Kier molecular flexibility index (Phi) is 6.80. The van der Waals surface area contributed by atoms with E-state index in [9.17, 15) is 4.79 Å². The van der Waals surface area contributed by atoms with E-state index in [-0.39, 0.29) is 11.9 Å². The van der Waals surface area contributed by atoms with Crippen LogP contribution in [0.25, 0.3) is 0 Å². The van der Waals surface area contributed by atoms with E-state index in [1.54, 1.807) is 4.90 Å². The lowest BCUT2D eigenvalue weighted by Gasteiger charge is -2.36. The Balaban J connectivity index is 2.35. The van der Waals surface area contributed by atoms with Gasteiger partial charge in [-0.05, 0) is 58.7 Å². The third-order valence-electron chi connectivity index (χ3n) is 4.20. The maximum absolute atomic E-state index is 11.9. The molecule has 2 unspecified atom stereocenters. The van der Waals surface area contributed by atoms with Gasteiger partial charge in [0.15, 0.2) is 0 Å². The quantitative estimate of drug-likeness (QED) is 0.795. The molecule has 112 valence electrons. The van der Waals surface area contributed by atoms with E-state index in [1.807, 2.05) is 21.0 Å². The second kappa shape index (κ2) is 7.85. The first-order chi connectivity index (χ1) is 8.95. The number of hydrogen-bond donors (Lipinski definition) is 1. The molecule has 0 aromatic carbocycles. The average molecular weight is 269 g/mol. The van der Waals surface area contributed by atoms with Gasteiger partial charge in [-0.15, -0.1) is 0 Å². The summed E-state index contributed by atoms with van der Waals surface area (Å²) in [6.45, 7) is 10.1. The molecule has 1 amide bonds. The van der Waals surface area contributed by atoms with Gasteiger partial charge in [-0.25, -0.2) is 0 Å². The van der Waals surface area contributed by atoms with Crippen molar-refractivity contribution in [3.05, 3.63) is 0 Å². The van der Waals surface area contributed by atoms with Crippen LogP contribution >= 0.6 is 0 Å². The number of likely N-dealkylation sites (tertiary alicyclic amines) is 1. The van der Waals surface area contributed by atoms with Gasteiger partial charge in [-0.2, -0.15) is 0 Å². The van der Waals surface area contributed by atoms with Crippen LogP contribution in [-0.2, 0) is 4.79 Å². The predicted molar refractivity (Wildman–Crippen MR) is 80.2 cm³/mol. The number of amides is 1. The van der Waals surface area contributed by atoms with Crippen molar-refractivity contribution in [2.45, 2.75) is 52.1 Å². The summed E-state index contributed by atoms with van der Waals surface area (Å²) < 4.78 is 0. The number of likely N-dealkylation sites (N-methyl/N-ethyl adjacent to an activating group) is 1. The van der Waals surface area contributed by atoms with E-state index < -0.39 is 0 Å². The van der Waals surface area contributed by atoms with Crippen molar-refractivity contribution in [1.82, 2.24) is 15.1 Å². The number of carbonyl (C=O) groups excluding carboxylic acids is 1. The SMILES string of the molecule is CCCN1CCC(C(C)NC(C)C(=O)N(C)C)CC1. The van der Waals surface area contributed by atoms with Crippen molar-refractivity contribution in [1.29, 1.82) is 0 Å². The Bertz CT molecular complexity index is 273. The van der Waals surface area contributed by atoms with Gasteiger partial charge in [0.25, 0.3) is 0 Å². The van der Waals surface area contributed by atoms with E-state index in [1.165, 1.54) is 38.9 Å². The van der Waals surface area contributed by atoms with Crippen molar-refractivity contribution in [3.63, 3.8) is 0 Å². The van der Waals surface area contributed by atoms with Gasteiger partial charge >= 0.3 is 0 Å². The second-order valence-corrected chi connectivity index (χ2v) is 6.09. The zero-order valence-corrected chi connectivity index (χ0v) is 13.3. The van der Waals surface area contributed by atoms with Crippen LogP contribution in [0.4, 0.5) is 0 Å². The summed E-state index contributed by atoms with van der Waals surface area (Å²) in [4.78, 5) is 16.1. The van der Waals surface area contributed by atoms with Crippen LogP contribution in [0.5, 0.6) is 0 Å². The molecule has 0 saturated carbocycles. The van der Waals surface area contributed by atoms with Crippen molar-refractivity contribution in [2.24, 2.45) is 5.92 Å². The molecule has 0 radical (unpaired) electrons. The lowest BCUT2D eigenvalue weighted by Crippen LogP contribution is -2.49. The summed E-state index contributed by atoms with van der Waals surface area (Å²) in [7, 11) is 3.63. The number of nitrogens with zero attached hydrogens (tertiary/aromatic N) is 2. The Morgan fingerprint density at radius 3 is 2.37 bits per heavy atom. The topological polar surface area (TPSA) is 35.6 Å². The molecule has 0 spiro atoms. The van der Waals surface area contributed by atoms with Gasteiger partial charge in [0.2, 0.25) is 5.91 Å². The highest BCUT2D eigenvalue weighted by Crippen LogP contribution is 2.21. The first kappa shape index (κ1) is 16.4. The number of hydrogen-bond acceptors (Lipinski definition) is 3. The highest BCUT2D eigenvalue weighted by Gasteiger charge is 2.26. The fourth-order valence-corrected chi connectivity index (χ4v) is 2.98. The third kappa shape index (κ3) is 5.11. The maximum atomic E-state index is 11.9. The van der Waals surface area contributed by atoms with Crippen molar-refractivity contribution in [3.8, 4) is 0 Å². The summed E-state index contributed by atoms with van der Waals surface area (Å²) in [5, 5.41) is 3.47. The molecule has 1 saturated heterocycles. The summed E-state index contributed by atoms with van der Waals surface area (Å²) in [6.07, 6.45) is 3.74. The lowest BCUT2D eigenvalue weighted by molar-refractivity contribution is -0.130. The van der Waals surface area contributed by atoms with Crippen LogP contribution in [0.15, 0.2) is 0 Å². The molecule has 1 aliphatic rings. The molecular weight excluding hydrogens is 238 g/mol.